The summed E-state index contributed by atoms with van der Waals surface area (Å²) in [6.07, 6.45) is 0.682. The van der Waals surface area contributed by atoms with Crippen LogP contribution in [-0.4, -0.2) is 42.7 Å². The summed E-state index contributed by atoms with van der Waals surface area (Å²) in [5.41, 5.74) is 6.91. The number of likely N-dealkylation sites (tertiary alicyclic amines) is 1. The number of hydrogen-bond acceptors (Lipinski definition) is 4. The van der Waals surface area contributed by atoms with Crippen LogP contribution in [0.3, 0.4) is 0 Å². The first-order chi connectivity index (χ1) is 9.17. The molecule has 1 aromatic rings. The van der Waals surface area contributed by atoms with Crippen LogP contribution in [0.4, 0.5) is 0 Å². The van der Waals surface area contributed by atoms with E-state index < -0.39 is 5.97 Å². The first-order valence-corrected chi connectivity index (χ1v) is 6.47. The second-order valence-electron chi connectivity index (χ2n) is 4.81. The molecule has 0 unspecified atom stereocenters. The summed E-state index contributed by atoms with van der Waals surface area (Å²) >= 11 is 0. The molecule has 19 heavy (non-hydrogen) atoms. The van der Waals surface area contributed by atoms with Gasteiger partial charge in [-0.3, -0.25) is 9.69 Å². The number of hydrogen-bond donors (Lipinski definition) is 2. The summed E-state index contributed by atoms with van der Waals surface area (Å²) in [7, 11) is 1.64. The van der Waals surface area contributed by atoms with Gasteiger partial charge in [0.1, 0.15) is 5.75 Å². The molecule has 0 saturated carbocycles. The van der Waals surface area contributed by atoms with Crippen molar-refractivity contribution < 1.29 is 14.6 Å². The largest absolute Gasteiger partial charge is 0.496 e. The number of carboxylic acid groups (broad SMARTS) is 1. The van der Waals surface area contributed by atoms with Crippen LogP contribution in [0.15, 0.2) is 24.3 Å². The third-order valence-corrected chi connectivity index (χ3v) is 3.73. The van der Waals surface area contributed by atoms with Crippen LogP contribution in [0.1, 0.15) is 18.0 Å². The Labute approximate surface area is 113 Å². The van der Waals surface area contributed by atoms with Crippen molar-refractivity contribution in [2.45, 2.75) is 12.5 Å². The number of methoxy groups -OCH3 is 1. The summed E-state index contributed by atoms with van der Waals surface area (Å²) in [5.74, 6) is -0.209. The summed E-state index contributed by atoms with van der Waals surface area (Å²) in [6, 6.07) is 7.78. The third-order valence-electron chi connectivity index (χ3n) is 3.73. The first-order valence-electron chi connectivity index (χ1n) is 6.47. The fourth-order valence-electron chi connectivity index (χ4n) is 2.69. The van der Waals surface area contributed by atoms with Gasteiger partial charge in [-0.2, -0.15) is 0 Å². The fraction of sp³-hybridized carbons (Fsp3) is 0.500. The van der Waals surface area contributed by atoms with Crippen molar-refractivity contribution in [3.05, 3.63) is 29.8 Å². The van der Waals surface area contributed by atoms with E-state index in [0.29, 0.717) is 19.5 Å². The van der Waals surface area contributed by atoms with Crippen molar-refractivity contribution in [3.8, 4) is 5.75 Å². The summed E-state index contributed by atoms with van der Waals surface area (Å²) in [4.78, 5) is 13.2. The number of nitrogens with zero attached hydrogens (tertiary/aromatic N) is 1. The van der Waals surface area contributed by atoms with Crippen molar-refractivity contribution in [2.24, 2.45) is 11.7 Å². The van der Waals surface area contributed by atoms with Gasteiger partial charge in [-0.05, 0) is 19.0 Å². The van der Waals surface area contributed by atoms with Gasteiger partial charge in [-0.25, -0.2) is 0 Å². The highest BCUT2D eigenvalue weighted by Gasteiger charge is 2.33. The van der Waals surface area contributed by atoms with Gasteiger partial charge in [0.15, 0.2) is 0 Å². The average Bonchev–Trinajstić information content (AvgIpc) is 2.90. The van der Waals surface area contributed by atoms with E-state index in [1.54, 1.807) is 7.11 Å². The van der Waals surface area contributed by atoms with Gasteiger partial charge in [0.2, 0.25) is 0 Å². The maximum atomic E-state index is 11.0. The molecule has 104 valence electrons. The van der Waals surface area contributed by atoms with Crippen molar-refractivity contribution in [3.63, 3.8) is 0 Å². The lowest BCUT2D eigenvalue weighted by atomic mass is 10.0. The van der Waals surface area contributed by atoms with E-state index in [9.17, 15) is 4.79 Å². The van der Waals surface area contributed by atoms with Crippen molar-refractivity contribution >= 4 is 5.97 Å². The normalized spacial score (nSPS) is 21.3. The van der Waals surface area contributed by atoms with Gasteiger partial charge in [0, 0.05) is 18.7 Å². The lowest BCUT2D eigenvalue weighted by Gasteiger charge is -2.28. The highest BCUT2D eigenvalue weighted by atomic mass is 16.5. The van der Waals surface area contributed by atoms with Crippen LogP contribution in [0.25, 0.3) is 0 Å². The van der Waals surface area contributed by atoms with E-state index in [2.05, 4.69) is 4.90 Å². The van der Waals surface area contributed by atoms with Gasteiger partial charge in [0.25, 0.3) is 0 Å². The molecule has 1 aliphatic rings. The zero-order valence-corrected chi connectivity index (χ0v) is 11.1. The summed E-state index contributed by atoms with van der Waals surface area (Å²) in [6.45, 7) is 1.76. The Hall–Kier alpha value is -1.59. The predicted molar refractivity (Wildman–Crippen MR) is 72.1 cm³/mol. The second-order valence-corrected chi connectivity index (χ2v) is 4.81. The molecular formula is C14H20N2O3. The lowest BCUT2D eigenvalue weighted by molar-refractivity contribution is -0.141. The quantitative estimate of drug-likeness (QED) is 0.833. The lowest BCUT2D eigenvalue weighted by Crippen LogP contribution is -2.33. The third kappa shape index (κ3) is 2.88. The van der Waals surface area contributed by atoms with Crippen LogP contribution in [0.5, 0.6) is 5.75 Å². The molecule has 1 fully saturated rings. The molecule has 0 spiro atoms. The minimum atomic E-state index is -0.724. The van der Waals surface area contributed by atoms with Crippen molar-refractivity contribution in [1.29, 1.82) is 0 Å². The molecule has 2 rings (SSSR count). The molecule has 0 amide bonds. The standard InChI is InChI=1S/C14H20N2O3/c1-19-13-5-3-2-4-11(13)12(8-15)16-7-6-10(9-16)14(17)18/h2-5,10,12H,6-9,15H2,1H3,(H,17,18)/t10-,12-/m1/s1. The SMILES string of the molecule is COc1ccccc1[C@@H](CN)N1CC[C@@H](C(=O)O)C1. The van der Waals surface area contributed by atoms with Gasteiger partial charge < -0.3 is 15.6 Å². The number of para-hydroxylation sites is 1. The average molecular weight is 264 g/mol. The molecule has 2 atom stereocenters. The van der Waals surface area contributed by atoms with Gasteiger partial charge in [-0.1, -0.05) is 18.2 Å². The number of carbonyl (C=O) groups is 1. The molecule has 0 bridgehead atoms. The Morgan fingerprint density at radius 1 is 1.58 bits per heavy atom. The van der Waals surface area contributed by atoms with Crippen LogP contribution >= 0.6 is 0 Å². The molecule has 1 saturated heterocycles. The van der Waals surface area contributed by atoms with E-state index in [1.165, 1.54) is 0 Å². The van der Waals surface area contributed by atoms with Crippen LogP contribution < -0.4 is 10.5 Å². The first kappa shape index (κ1) is 13.8. The van der Waals surface area contributed by atoms with Gasteiger partial charge in [-0.15, -0.1) is 0 Å². The van der Waals surface area contributed by atoms with Gasteiger partial charge >= 0.3 is 5.97 Å². The number of benzene rings is 1. The topological polar surface area (TPSA) is 75.8 Å². The number of nitrogens with two attached hydrogens (primary N) is 1. The van der Waals surface area contributed by atoms with E-state index in [4.69, 9.17) is 15.6 Å². The maximum Gasteiger partial charge on any atom is 0.307 e. The Balaban J connectivity index is 2.19. The maximum absolute atomic E-state index is 11.0. The Morgan fingerprint density at radius 3 is 2.89 bits per heavy atom. The minimum Gasteiger partial charge on any atom is -0.496 e. The zero-order chi connectivity index (χ0) is 13.8. The molecule has 5 nitrogen and oxygen atoms in total. The number of aliphatic carboxylic acids is 1. The molecule has 0 radical (unpaired) electrons. The minimum absolute atomic E-state index is 0.0144. The van der Waals surface area contributed by atoms with Crippen LogP contribution in [0, 0.1) is 5.92 Å². The number of ether oxygens (including phenoxy) is 1. The zero-order valence-electron chi connectivity index (χ0n) is 11.1. The smallest absolute Gasteiger partial charge is 0.307 e. The second kappa shape index (κ2) is 6.04. The van der Waals surface area contributed by atoms with Crippen LogP contribution in [-0.2, 0) is 4.79 Å². The van der Waals surface area contributed by atoms with E-state index in [0.717, 1.165) is 17.9 Å². The van der Waals surface area contributed by atoms with Gasteiger partial charge in [0.05, 0.1) is 19.1 Å². The molecule has 5 heteroatoms. The Morgan fingerprint density at radius 2 is 2.32 bits per heavy atom. The Kier molecular flexibility index (Phi) is 4.39. The molecule has 0 aromatic heterocycles. The monoisotopic (exact) mass is 264 g/mol. The molecule has 1 aliphatic heterocycles. The Bertz CT molecular complexity index is 450. The van der Waals surface area contributed by atoms with Crippen molar-refractivity contribution in [1.82, 2.24) is 4.90 Å². The summed E-state index contributed by atoms with van der Waals surface area (Å²) < 4.78 is 5.36. The van der Waals surface area contributed by atoms with Crippen molar-refractivity contribution in [2.75, 3.05) is 26.7 Å². The molecule has 3 N–H and O–H groups in total. The van der Waals surface area contributed by atoms with E-state index in [-0.39, 0.29) is 12.0 Å². The highest BCUT2D eigenvalue weighted by molar-refractivity contribution is 5.70. The van der Waals surface area contributed by atoms with E-state index >= 15 is 0 Å². The molecular weight excluding hydrogens is 244 g/mol. The highest BCUT2D eigenvalue weighted by Crippen LogP contribution is 2.32. The fourth-order valence-corrected chi connectivity index (χ4v) is 2.69. The molecule has 1 aromatic carbocycles. The van der Waals surface area contributed by atoms with Crippen LogP contribution in [0.2, 0.25) is 0 Å². The van der Waals surface area contributed by atoms with E-state index in [1.807, 2.05) is 24.3 Å². The molecule has 0 aliphatic carbocycles. The molecule has 1 heterocycles. The summed E-state index contributed by atoms with van der Waals surface area (Å²) in [5, 5.41) is 9.07. The number of rotatable bonds is 5. The predicted octanol–water partition coefficient (Wildman–Crippen LogP) is 1.10. The number of carboxylic acids is 1.